The molecule has 0 spiro atoms. The van der Waals surface area contributed by atoms with Crippen molar-refractivity contribution in [3.63, 3.8) is 0 Å². The van der Waals surface area contributed by atoms with Gasteiger partial charge < -0.3 is 4.74 Å². The van der Waals surface area contributed by atoms with Gasteiger partial charge in [-0.2, -0.15) is 5.26 Å². The monoisotopic (exact) mass is 303 g/mol. The minimum Gasteiger partial charge on any atom is -0.383 e. The van der Waals surface area contributed by atoms with Crippen LogP contribution >= 0.6 is 11.8 Å². The van der Waals surface area contributed by atoms with Crippen LogP contribution in [0, 0.1) is 11.3 Å². The molecule has 0 unspecified atom stereocenters. The van der Waals surface area contributed by atoms with Gasteiger partial charge in [0.15, 0.2) is 5.16 Å². The van der Waals surface area contributed by atoms with Gasteiger partial charge in [-0.05, 0) is 26.0 Å². The fourth-order valence-electron chi connectivity index (χ4n) is 2.10. The van der Waals surface area contributed by atoms with Crippen molar-refractivity contribution in [1.82, 2.24) is 9.55 Å². The lowest BCUT2D eigenvalue weighted by Crippen LogP contribution is -2.28. The third-order valence-corrected chi connectivity index (χ3v) is 4.05. The van der Waals surface area contributed by atoms with Crippen LogP contribution in [0.15, 0.2) is 34.2 Å². The summed E-state index contributed by atoms with van der Waals surface area (Å²) in [5.41, 5.74) is 0.550. The van der Waals surface area contributed by atoms with Crippen LogP contribution in [-0.2, 0) is 4.74 Å². The van der Waals surface area contributed by atoms with Crippen LogP contribution in [0.1, 0.15) is 19.9 Å². The van der Waals surface area contributed by atoms with Crippen LogP contribution in [0.2, 0.25) is 0 Å². The zero-order valence-electron chi connectivity index (χ0n) is 12.2. The van der Waals surface area contributed by atoms with Crippen LogP contribution in [0.25, 0.3) is 10.9 Å². The molecule has 0 saturated heterocycles. The Kier molecular flexibility index (Phi) is 4.99. The number of ether oxygens (including phenoxy) is 1. The van der Waals surface area contributed by atoms with Crippen LogP contribution in [0.3, 0.4) is 0 Å². The predicted octanol–water partition coefficient (Wildman–Crippen LogP) is 2.61. The average Bonchev–Trinajstić information content (AvgIpc) is 2.47. The molecule has 21 heavy (non-hydrogen) atoms. The van der Waals surface area contributed by atoms with Crippen LogP contribution in [0.5, 0.6) is 0 Å². The number of hydrogen-bond acceptors (Lipinski definition) is 5. The second kappa shape index (κ2) is 6.74. The summed E-state index contributed by atoms with van der Waals surface area (Å²) >= 11 is 1.29. The standard InChI is InChI=1S/C15H17N3O2S/c1-10(9-20-3)18-14(19)12-6-4-5-7-13(12)17-15(18)21-11(2)8-16/h4-7,10-11H,9H2,1-3H3/t10-,11+/m1/s1. The molecule has 0 radical (unpaired) electrons. The second-order valence-electron chi connectivity index (χ2n) is 4.78. The summed E-state index contributed by atoms with van der Waals surface area (Å²) in [5.74, 6) is 0. The van der Waals surface area contributed by atoms with Gasteiger partial charge in [0.05, 0.1) is 34.9 Å². The number of benzene rings is 1. The highest BCUT2D eigenvalue weighted by atomic mass is 32.2. The number of para-hydroxylation sites is 1. The van der Waals surface area contributed by atoms with Gasteiger partial charge in [0.25, 0.3) is 5.56 Å². The Balaban J connectivity index is 2.65. The van der Waals surface area contributed by atoms with E-state index in [1.54, 1.807) is 24.7 Å². The van der Waals surface area contributed by atoms with Crippen LogP contribution < -0.4 is 5.56 Å². The van der Waals surface area contributed by atoms with Gasteiger partial charge in [-0.15, -0.1) is 0 Å². The Morgan fingerprint density at radius 1 is 1.43 bits per heavy atom. The van der Waals surface area contributed by atoms with Crippen LogP contribution in [0.4, 0.5) is 0 Å². The molecule has 0 aliphatic heterocycles. The molecule has 0 aliphatic rings. The molecule has 6 heteroatoms. The number of fused-ring (bicyclic) bond motifs is 1. The Bertz CT molecular complexity index is 736. The quantitative estimate of drug-likeness (QED) is 0.627. The van der Waals surface area contributed by atoms with Gasteiger partial charge in [-0.3, -0.25) is 9.36 Å². The minimum atomic E-state index is -0.279. The van der Waals surface area contributed by atoms with Crippen molar-refractivity contribution >= 4 is 22.7 Å². The topological polar surface area (TPSA) is 67.9 Å². The lowest BCUT2D eigenvalue weighted by Gasteiger charge is -2.19. The van der Waals surface area contributed by atoms with E-state index in [1.807, 2.05) is 25.1 Å². The highest BCUT2D eigenvalue weighted by Crippen LogP contribution is 2.24. The van der Waals surface area contributed by atoms with E-state index in [0.29, 0.717) is 22.7 Å². The largest absolute Gasteiger partial charge is 0.383 e. The summed E-state index contributed by atoms with van der Waals surface area (Å²) < 4.78 is 6.77. The first-order valence-corrected chi connectivity index (χ1v) is 7.53. The molecule has 0 saturated carbocycles. The minimum absolute atomic E-state index is 0.0993. The van der Waals surface area contributed by atoms with Gasteiger partial charge in [-0.1, -0.05) is 23.9 Å². The van der Waals surface area contributed by atoms with Gasteiger partial charge in [-0.25, -0.2) is 4.98 Å². The molecular formula is C15H17N3O2S. The Hall–Kier alpha value is -1.84. The summed E-state index contributed by atoms with van der Waals surface area (Å²) in [5, 5.41) is 9.85. The lowest BCUT2D eigenvalue weighted by molar-refractivity contribution is 0.156. The first-order valence-electron chi connectivity index (χ1n) is 6.65. The Morgan fingerprint density at radius 3 is 2.81 bits per heavy atom. The number of nitriles is 1. The zero-order valence-corrected chi connectivity index (χ0v) is 13.1. The fourth-order valence-corrected chi connectivity index (χ4v) is 2.99. The first-order chi connectivity index (χ1) is 10.1. The lowest BCUT2D eigenvalue weighted by atomic mass is 10.2. The predicted molar refractivity (Wildman–Crippen MR) is 83.5 cm³/mol. The molecule has 0 amide bonds. The molecule has 1 heterocycles. The maximum atomic E-state index is 12.7. The van der Waals surface area contributed by atoms with Crippen molar-refractivity contribution in [3.05, 3.63) is 34.6 Å². The summed E-state index contributed by atoms with van der Waals surface area (Å²) in [7, 11) is 1.60. The highest BCUT2D eigenvalue weighted by molar-refractivity contribution is 8.00. The smallest absolute Gasteiger partial charge is 0.262 e. The van der Waals surface area contributed by atoms with E-state index in [0.717, 1.165) is 0 Å². The maximum absolute atomic E-state index is 12.7. The molecular weight excluding hydrogens is 286 g/mol. The maximum Gasteiger partial charge on any atom is 0.262 e. The number of thioether (sulfide) groups is 1. The van der Waals surface area contributed by atoms with E-state index in [-0.39, 0.29) is 16.9 Å². The number of nitrogens with zero attached hydrogens (tertiary/aromatic N) is 3. The highest BCUT2D eigenvalue weighted by Gasteiger charge is 2.18. The third-order valence-electron chi connectivity index (χ3n) is 3.09. The van der Waals surface area contributed by atoms with Crippen molar-refractivity contribution < 1.29 is 4.74 Å². The fraction of sp³-hybridized carbons (Fsp3) is 0.400. The number of methoxy groups -OCH3 is 1. The molecule has 2 atom stereocenters. The Labute approximate surface area is 127 Å². The average molecular weight is 303 g/mol. The molecule has 0 bridgehead atoms. The molecule has 0 N–H and O–H groups in total. The summed E-state index contributed by atoms with van der Waals surface area (Å²) in [6.45, 7) is 4.11. The van der Waals surface area contributed by atoms with E-state index >= 15 is 0 Å². The van der Waals surface area contributed by atoms with Gasteiger partial charge in [0.1, 0.15) is 0 Å². The van der Waals surface area contributed by atoms with Crippen molar-refractivity contribution in [2.24, 2.45) is 0 Å². The molecule has 2 aromatic rings. The van der Waals surface area contributed by atoms with E-state index in [4.69, 9.17) is 10.00 Å². The summed E-state index contributed by atoms with van der Waals surface area (Å²) in [4.78, 5) is 17.3. The van der Waals surface area contributed by atoms with E-state index in [2.05, 4.69) is 11.1 Å². The molecule has 0 fully saturated rings. The van der Waals surface area contributed by atoms with Crippen molar-refractivity contribution in [1.29, 1.82) is 5.26 Å². The van der Waals surface area contributed by atoms with E-state index < -0.39 is 0 Å². The van der Waals surface area contributed by atoms with Gasteiger partial charge in [0, 0.05) is 7.11 Å². The van der Waals surface area contributed by atoms with Gasteiger partial charge in [0.2, 0.25) is 0 Å². The molecule has 0 aliphatic carbocycles. The molecule has 2 rings (SSSR count). The number of rotatable bonds is 5. The van der Waals surface area contributed by atoms with E-state index in [9.17, 15) is 4.79 Å². The van der Waals surface area contributed by atoms with Crippen molar-refractivity contribution in [3.8, 4) is 6.07 Å². The van der Waals surface area contributed by atoms with Crippen molar-refractivity contribution in [2.75, 3.05) is 13.7 Å². The molecule has 1 aromatic heterocycles. The normalized spacial score (nSPS) is 13.8. The summed E-state index contributed by atoms with van der Waals surface area (Å²) in [6.07, 6.45) is 0. The zero-order chi connectivity index (χ0) is 15.4. The molecule has 1 aromatic carbocycles. The third kappa shape index (κ3) is 3.26. The molecule has 110 valence electrons. The Morgan fingerprint density at radius 2 is 2.14 bits per heavy atom. The number of aromatic nitrogens is 2. The second-order valence-corrected chi connectivity index (χ2v) is 6.09. The molecule has 5 nitrogen and oxygen atoms in total. The first kappa shape index (κ1) is 15.5. The van der Waals surface area contributed by atoms with E-state index in [1.165, 1.54) is 11.8 Å². The van der Waals surface area contributed by atoms with Crippen LogP contribution in [-0.4, -0.2) is 28.5 Å². The number of hydrogen-bond donors (Lipinski definition) is 0. The van der Waals surface area contributed by atoms with Gasteiger partial charge >= 0.3 is 0 Å². The summed E-state index contributed by atoms with van der Waals surface area (Å²) in [6, 6.07) is 9.25. The SMILES string of the molecule is COC[C@@H](C)n1c(S[C@@H](C)C#N)nc2ccccc2c1=O. The van der Waals surface area contributed by atoms with Crippen molar-refractivity contribution in [2.45, 2.75) is 30.3 Å².